The first kappa shape index (κ1) is 13.3. The zero-order chi connectivity index (χ0) is 13.5. The summed E-state index contributed by atoms with van der Waals surface area (Å²) in [6.45, 7) is 0. The monoisotopic (exact) mass is 255 g/mol. The molecule has 0 atom stereocenters. The lowest BCUT2D eigenvalue weighted by Gasteiger charge is -2.07. The molecule has 0 fully saturated rings. The van der Waals surface area contributed by atoms with E-state index < -0.39 is 0 Å². The fraction of sp³-hybridized carbons (Fsp3) is 0.250. The summed E-state index contributed by atoms with van der Waals surface area (Å²) in [5, 5.41) is 0. The van der Waals surface area contributed by atoms with E-state index in [1.54, 1.807) is 19.5 Å². The van der Waals surface area contributed by atoms with E-state index in [-0.39, 0.29) is 5.78 Å². The summed E-state index contributed by atoms with van der Waals surface area (Å²) in [5.41, 5.74) is 2.09. The van der Waals surface area contributed by atoms with Crippen molar-refractivity contribution in [2.45, 2.75) is 19.3 Å². The van der Waals surface area contributed by atoms with Crippen LogP contribution in [0.25, 0.3) is 0 Å². The molecule has 0 bridgehead atoms. The number of Topliss-reactive ketones (excluding diaryl/α,β-unsaturated/α-hetero) is 1. The lowest BCUT2D eigenvalue weighted by molar-refractivity contribution is -0.118. The molecule has 0 aliphatic carbocycles. The Balaban J connectivity index is 1.91. The molecule has 3 nitrogen and oxygen atoms in total. The average Bonchev–Trinajstić information content (AvgIpc) is 2.47. The Labute approximate surface area is 113 Å². The molecule has 0 saturated heterocycles. The summed E-state index contributed by atoms with van der Waals surface area (Å²) < 4.78 is 5.25. The first-order valence-electron chi connectivity index (χ1n) is 6.32. The van der Waals surface area contributed by atoms with Crippen LogP contribution in [0.3, 0.4) is 0 Å². The van der Waals surface area contributed by atoms with Crippen molar-refractivity contribution in [3.8, 4) is 5.75 Å². The molecule has 1 aromatic carbocycles. The molecule has 0 unspecified atom stereocenters. The van der Waals surface area contributed by atoms with Crippen molar-refractivity contribution < 1.29 is 9.53 Å². The van der Waals surface area contributed by atoms with Gasteiger partial charge in [0.05, 0.1) is 7.11 Å². The van der Waals surface area contributed by atoms with Crippen LogP contribution in [0.15, 0.2) is 48.8 Å². The van der Waals surface area contributed by atoms with E-state index in [4.69, 9.17) is 4.74 Å². The zero-order valence-electron chi connectivity index (χ0n) is 11.0. The van der Waals surface area contributed by atoms with E-state index >= 15 is 0 Å². The van der Waals surface area contributed by atoms with Crippen LogP contribution >= 0.6 is 0 Å². The summed E-state index contributed by atoms with van der Waals surface area (Å²) in [7, 11) is 1.63. The van der Waals surface area contributed by atoms with E-state index in [2.05, 4.69) is 4.98 Å². The van der Waals surface area contributed by atoms with Gasteiger partial charge in [-0.15, -0.1) is 0 Å². The molecule has 0 saturated carbocycles. The second-order valence-corrected chi connectivity index (χ2v) is 4.38. The highest BCUT2D eigenvalue weighted by Crippen LogP contribution is 2.18. The number of hydrogen-bond donors (Lipinski definition) is 0. The van der Waals surface area contributed by atoms with E-state index in [1.807, 2.05) is 36.4 Å². The first-order valence-corrected chi connectivity index (χ1v) is 6.32. The number of rotatable bonds is 6. The van der Waals surface area contributed by atoms with Crippen LogP contribution in [0.2, 0.25) is 0 Å². The molecule has 0 radical (unpaired) electrons. The number of aryl methyl sites for hydroxylation is 1. The predicted octanol–water partition coefficient (Wildman–Crippen LogP) is 2.83. The molecule has 0 spiro atoms. The molecule has 1 heterocycles. The fourth-order valence-corrected chi connectivity index (χ4v) is 1.98. The highest BCUT2D eigenvalue weighted by Gasteiger charge is 2.08. The number of methoxy groups -OCH3 is 1. The lowest BCUT2D eigenvalue weighted by atomic mass is 10.0. The van der Waals surface area contributed by atoms with Crippen molar-refractivity contribution in [3.63, 3.8) is 0 Å². The third-order valence-electron chi connectivity index (χ3n) is 3.02. The van der Waals surface area contributed by atoms with Crippen LogP contribution in [-0.4, -0.2) is 17.9 Å². The van der Waals surface area contributed by atoms with E-state index in [9.17, 15) is 4.79 Å². The van der Waals surface area contributed by atoms with Gasteiger partial charge in [0.25, 0.3) is 0 Å². The third-order valence-corrected chi connectivity index (χ3v) is 3.02. The number of aromatic nitrogens is 1. The highest BCUT2D eigenvalue weighted by molar-refractivity contribution is 5.81. The Morgan fingerprint density at radius 1 is 1.16 bits per heavy atom. The van der Waals surface area contributed by atoms with Crippen LogP contribution in [0.5, 0.6) is 5.75 Å². The minimum absolute atomic E-state index is 0.223. The fourth-order valence-electron chi connectivity index (χ4n) is 1.98. The van der Waals surface area contributed by atoms with Gasteiger partial charge < -0.3 is 4.74 Å². The molecule has 0 amide bonds. The van der Waals surface area contributed by atoms with Crippen molar-refractivity contribution in [1.29, 1.82) is 0 Å². The van der Waals surface area contributed by atoms with Gasteiger partial charge in [0, 0.05) is 30.8 Å². The topological polar surface area (TPSA) is 39.2 Å². The zero-order valence-corrected chi connectivity index (χ0v) is 11.0. The average molecular weight is 255 g/mol. The minimum Gasteiger partial charge on any atom is -0.496 e. The van der Waals surface area contributed by atoms with Crippen LogP contribution < -0.4 is 4.74 Å². The van der Waals surface area contributed by atoms with Gasteiger partial charge in [-0.2, -0.15) is 0 Å². The summed E-state index contributed by atoms with van der Waals surface area (Å²) in [6, 6.07) is 11.5. The maximum Gasteiger partial charge on any atom is 0.137 e. The van der Waals surface area contributed by atoms with Gasteiger partial charge in [-0.3, -0.25) is 9.78 Å². The lowest BCUT2D eigenvalue weighted by Crippen LogP contribution is -2.05. The van der Waals surface area contributed by atoms with Crippen molar-refractivity contribution in [2.24, 2.45) is 0 Å². The Kier molecular flexibility index (Phi) is 4.67. The van der Waals surface area contributed by atoms with Gasteiger partial charge in [0.15, 0.2) is 0 Å². The largest absolute Gasteiger partial charge is 0.496 e. The van der Waals surface area contributed by atoms with Gasteiger partial charge in [0.1, 0.15) is 11.5 Å². The van der Waals surface area contributed by atoms with E-state index in [1.165, 1.54) is 0 Å². The van der Waals surface area contributed by atoms with Crippen LogP contribution in [0.4, 0.5) is 0 Å². The summed E-state index contributed by atoms with van der Waals surface area (Å²) in [4.78, 5) is 15.9. The number of hydrogen-bond acceptors (Lipinski definition) is 3. The molecule has 0 aliphatic rings. The van der Waals surface area contributed by atoms with Gasteiger partial charge in [0.2, 0.25) is 0 Å². The maximum atomic E-state index is 12.0. The van der Waals surface area contributed by atoms with Crippen molar-refractivity contribution >= 4 is 5.78 Å². The molecule has 2 aromatic rings. The van der Waals surface area contributed by atoms with Crippen LogP contribution in [0, 0.1) is 0 Å². The second kappa shape index (κ2) is 6.69. The number of ether oxygens (including phenoxy) is 1. The van der Waals surface area contributed by atoms with E-state index in [0.29, 0.717) is 12.8 Å². The summed E-state index contributed by atoms with van der Waals surface area (Å²) in [6.07, 6.45) is 5.23. The normalized spacial score (nSPS) is 10.2. The molecule has 1 aromatic heterocycles. The minimum atomic E-state index is 0.223. The third kappa shape index (κ3) is 3.91. The smallest absolute Gasteiger partial charge is 0.137 e. The Morgan fingerprint density at radius 3 is 2.63 bits per heavy atom. The molecule has 0 aliphatic heterocycles. The van der Waals surface area contributed by atoms with Gasteiger partial charge in [-0.1, -0.05) is 18.2 Å². The van der Waals surface area contributed by atoms with Crippen LogP contribution in [0.1, 0.15) is 17.5 Å². The number of carbonyl (C=O) groups is 1. The Morgan fingerprint density at radius 2 is 1.89 bits per heavy atom. The number of nitrogens with zero attached hydrogens (tertiary/aromatic N) is 1. The summed E-state index contributed by atoms with van der Waals surface area (Å²) in [5.74, 6) is 1.00. The number of pyridine rings is 1. The molecule has 2 rings (SSSR count). The number of carbonyl (C=O) groups excluding carboxylic acids is 1. The van der Waals surface area contributed by atoms with Crippen LogP contribution in [-0.2, 0) is 17.6 Å². The van der Waals surface area contributed by atoms with Gasteiger partial charge >= 0.3 is 0 Å². The molecule has 19 heavy (non-hydrogen) atoms. The molecular formula is C16H17NO2. The number of para-hydroxylation sites is 1. The van der Waals surface area contributed by atoms with Crippen molar-refractivity contribution in [1.82, 2.24) is 4.98 Å². The van der Waals surface area contributed by atoms with Crippen molar-refractivity contribution in [2.75, 3.05) is 7.11 Å². The van der Waals surface area contributed by atoms with Gasteiger partial charge in [-0.05, 0) is 30.2 Å². The highest BCUT2D eigenvalue weighted by atomic mass is 16.5. The molecule has 98 valence electrons. The molecule has 3 heteroatoms. The standard InChI is InChI=1S/C16H17NO2/c1-19-16-5-3-2-4-14(16)12-15(18)7-6-13-8-10-17-11-9-13/h2-5,8-11H,6-7,12H2,1H3. The predicted molar refractivity (Wildman–Crippen MR) is 74.3 cm³/mol. The molecular weight excluding hydrogens is 238 g/mol. The SMILES string of the molecule is COc1ccccc1CC(=O)CCc1ccncc1. The first-order chi connectivity index (χ1) is 9.29. The quantitative estimate of drug-likeness (QED) is 0.796. The van der Waals surface area contributed by atoms with Crippen molar-refractivity contribution in [3.05, 3.63) is 59.9 Å². The Bertz CT molecular complexity index is 537. The molecule has 0 N–H and O–H groups in total. The Hall–Kier alpha value is -2.16. The number of benzene rings is 1. The number of ketones is 1. The maximum absolute atomic E-state index is 12.0. The second-order valence-electron chi connectivity index (χ2n) is 4.38. The summed E-state index contributed by atoms with van der Waals surface area (Å²) >= 11 is 0. The van der Waals surface area contributed by atoms with E-state index in [0.717, 1.165) is 23.3 Å². The van der Waals surface area contributed by atoms with Gasteiger partial charge in [-0.25, -0.2) is 0 Å².